The molecule has 0 aliphatic carbocycles. The molecular formula is C12H8F3NO3S. The van der Waals surface area contributed by atoms with E-state index >= 15 is 0 Å². The molecule has 0 saturated carbocycles. The highest BCUT2D eigenvalue weighted by molar-refractivity contribution is 8.13. The van der Waals surface area contributed by atoms with Gasteiger partial charge in [0.25, 0.3) is 5.69 Å². The van der Waals surface area contributed by atoms with Gasteiger partial charge in [-0.25, -0.2) is 0 Å². The summed E-state index contributed by atoms with van der Waals surface area (Å²) in [7, 11) is 0. The summed E-state index contributed by atoms with van der Waals surface area (Å²) < 4.78 is 38.2. The summed E-state index contributed by atoms with van der Waals surface area (Å²) in [6, 6.07) is 2.17. The lowest BCUT2D eigenvalue weighted by atomic mass is 10.1. The fraction of sp³-hybridized carbons (Fsp3) is 0.250. The van der Waals surface area contributed by atoms with Gasteiger partial charge in [-0.05, 0) is 6.07 Å². The van der Waals surface area contributed by atoms with Crippen LogP contribution in [0.5, 0.6) is 0 Å². The van der Waals surface area contributed by atoms with Crippen LogP contribution in [0.15, 0.2) is 18.2 Å². The quantitative estimate of drug-likeness (QED) is 0.478. The van der Waals surface area contributed by atoms with Crippen LogP contribution in [-0.2, 0) is 11.0 Å². The first-order valence-electron chi connectivity index (χ1n) is 5.19. The Morgan fingerprint density at radius 1 is 1.45 bits per heavy atom. The van der Waals surface area contributed by atoms with Crippen LogP contribution in [-0.4, -0.2) is 15.8 Å². The first-order chi connectivity index (χ1) is 9.21. The molecule has 0 radical (unpaired) electrons. The summed E-state index contributed by atoms with van der Waals surface area (Å²) in [5, 5.41) is 10.3. The van der Waals surface area contributed by atoms with Crippen LogP contribution in [0.1, 0.15) is 18.1 Å². The van der Waals surface area contributed by atoms with Crippen molar-refractivity contribution in [2.45, 2.75) is 13.1 Å². The second-order valence-electron chi connectivity index (χ2n) is 3.57. The van der Waals surface area contributed by atoms with Gasteiger partial charge in [0, 0.05) is 24.6 Å². The second-order valence-corrected chi connectivity index (χ2v) is 4.72. The summed E-state index contributed by atoms with van der Waals surface area (Å²) in [6.07, 6.45) is -4.65. The third kappa shape index (κ3) is 4.59. The minimum Gasteiger partial charge on any atom is -0.288 e. The van der Waals surface area contributed by atoms with Gasteiger partial charge in [0.15, 0.2) is 5.12 Å². The zero-order chi connectivity index (χ0) is 15.3. The smallest absolute Gasteiger partial charge is 0.288 e. The predicted molar refractivity (Wildman–Crippen MR) is 68.1 cm³/mol. The monoisotopic (exact) mass is 303 g/mol. The number of nitro groups is 1. The molecule has 0 aromatic heterocycles. The van der Waals surface area contributed by atoms with Crippen LogP contribution in [0.25, 0.3) is 0 Å². The van der Waals surface area contributed by atoms with Crippen LogP contribution < -0.4 is 0 Å². The van der Waals surface area contributed by atoms with E-state index in [4.69, 9.17) is 0 Å². The molecule has 0 amide bonds. The molecule has 0 bridgehead atoms. The zero-order valence-electron chi connectivity index (χ0n) is 10.2. The standard InChI is InChI=1S/C12H8F3NO3S/c1-8(17)20-6-2-3-9-7-10(16(18)19)4-5-11(9)12(13,14)15/h4-5,7H,6H2,1H3. The fourth-order valence-electron chi connectivity index (χ4n) is 1.27. The summed E-state index contributed by atoms with van der Waals surface area (Å²) in [5.74, 6) is 4.63. The van der Waals surface area contributed by atoms with E-state index in [1.165, 1.54) is 6.92 Å². The molecule has 1 rings (SSSR count). The van der Waals surface area contributed by atoms with Gasteiger partial charge in [-0.2, -0.15) is 13.2 Å². The van der Waals surface area contributed by atoms with Gasteiger partial charge in [-0.3, -0.25) is 14.9 Å². The molecule has 0 fully saturated rings. The number of nitro benzene ring substituents is 1. The molecule has 0 atom stereocenters. The minimum absolute atomic E-state index is 0.0231. The SMILES string of the molecule is CC(=O)SCC#Cc1cc([N+](=O)[O-])ccc1C(F)(F)F. The number of carbonyl (C=O) groups is 1. The first-order valence-corrected chi connectivity index (χ1v) is 6.18. The number of carbonyl (C=O) groups excluding carboxylic acids is 1. The largest absolute Gasteiger partial charge is 0.417 e. The number of benzene rings is 1. The molecule has 0 unspecified atom stereocenters. The van der Waals surface area contributed by atoms with Crippen molar-refractivity contribution in [3.8, 4) is 11.8 Å². The van der Waals surface area contributed by atoms with Gasteiger partial charge in [0.05, 0.1) is 16.2 Å². The van der Waals surface area contributed by atoms with Crippen molar-refractivity contribution < 1.29 is 22.9 Å². The number of nitrogens with zero attached hydrogens (tertiary/aromatic N) is 1. The Hall–Kier alpha value is -2.01. The lowest BCUT2D eigenvalue weighted by Gasteiger charge is -2.08. The number of hydrogen-bond acceptors (Lipinski definition) is 4. The van der Waals surface area contributed by atoms with Crippen molar-refractivity contribution in [3.63, 3.8) is 0 Å². The van der Waals surface area contributed by atoms with Crippen molar-refractivity contribution in [1.82, 2.24) is 0 Å². The molecule has 1 aromatic carbocycles. The maximum atomic E-state index is 12.7. The topological polar surface area (TPSA) is 60.2 Å². The lowest BCUT2D eigenvalue weighted by Crippen LogP contribution is -2.08. The third-order valence-corrected chi connectivity index (χ3v) is 2.79. The molecule has 0 heterocycles. The fourth-order valence-corrected chi connectivity index (χ4v) is 1.61. The van der Waals surface area contributed by atoms with E-state index < -0.39 is 27.9 Å². The molecule has 0 aliphatic heterocycles. The average Bonchev–Trinajstić information content (AvgIpc) is 2.32. The summed E-state index contributed by atoms with van der Waals surface area (Å²) in [4.78, 5) is 20.4. The number of rotatable bonds is 2. The molecule has 106 valence electrons. The lowest BCUT2D eigenvalue weighted by molar-refractivity contribution is -0.384. The summed E-state index contributed by atoms with van der Waals surface area (Å²) in [5.41, 5.74) is -1.99. The Bertz CT molecular complexity index is 602. The van der Waals surface area contributed by atoms with E-state index in [2.05, 4.69) is 11.8 Å². The zero-order valence-corrected chi connectivity index (χ0v) is 11.0. The van der Waals surface area contributed by atoms with Gasteiger partial charge in [0.1, 0.15) is 0 Å². The molecule has 8 heteroatoms. The number of halogens is 3. The van der Waals surface area contributed by atoms with Gasteiger partial charge in [-0.15, -0.1) is 0 Å². The second kappa shape index (κ2) is 6.43. The van der Waals surface area contributed by atoms with E-state index in [9.17, 15) is 28.1 Å². The van der Waals surface area contributed by atoms with E-state index in [1.54, 1.807) is 0 Å². The first kappa shape index (κ1) is 16.0. The van der Waals surface area contributed by atoms with Gasteiger partial charge >= 0.3 is 6.18 Å². The Kier molecular flexibility index (Phi) is 5.16. The van der Waals surface area contributed by atoms with E-state index in [0.717, 1.165) is 23.9 Å². The molecule has 0 saturated heterocycles. The van der Waals surface area contributed by atoms with Crippen molar-refractivity contribution in [2.24, 2.45) is 0 Å². The Morgan fingerprint density at radius 2 is 2.10 bits per heavy atom. The Labute approximate surface area is 116 Å². The van der Waals surface area contributed by atoms with Crippen LogP contribution in [0, 0.1) is 22.0 Å². The Morgan fingerprint density at radius 3 is 2.60 bits per heavy atom. The molecule has 0 N–H and O–H groups in total. The van der Waals surface area contributed by atoms with Crippen molar-refractivity contribution in [2.75, 3.05) is 5.75 Å². The number of thioether (sulfide) groups is 1. The van der Waals surface area contributed by atoms with Gasteiger partial charge in [-0.1, -0.05) is 23.6 Å². The van der Waals surface area contributed by atoms with Crippen LogP contribution in [0.2, 0.25) is 0 Å². The van der Waals surface area contributed by atoms with E-state index in [0.29, 0.717) is 6.07 Å². The summed E-state index contributed by atoms with van der Waals surface area (Å²) in [6.45, 7) is 1.31. The van der Waals surface area contributed by atoms with Crippen LogP contribution in [0.3, 0.4) is 0 Å². The Balaban J connectivity index is 3.15. The molecule has 20 heavy (non-hydrogen) atoms. The number of alkyl halides is 3. The highest BCUT2D eigenvalue weighted by Crippen LogP contribution is 2.33. The highest BCUT2D eigenvalue weighted by Gasteiger charge is 2.33. The molecule has 4 nitrogen and oxygen atoms in total. The highest BCUT2D eigenvalue weighted by atomic mass is 32.2. The number of hydrogen-bond donors (Lipinski definition) is 0. The molecule has 1 aromatic rings. The van der Waals surface area contributed by atoms with E-state index in [1.807, 2.05) is 0 Å². The van der Waals surface area contributed by atoms with E-state index in [-0.39, 0.29) is 10.9 Å². The summed E-state index contributed by atoms with van der Waals surface area (Å²) >= 11 is 0.847. The normalized spacial score (nSPS) is 10.6. The molecule has 0 aliphatic rings. The van der Waals surface area contributed by atoms with Gasteiger partial charge < -0.3 is 0 Å². The maximum absolute atomic E-state index is 12.7. The molecular weight excluding hydrogens is 295 g/mol. The van der Waals surface area contributed by atoms with Gasteiger partial charge in [0.2, 0.25) is 0 Å². The molecule has 0 spiro atoms. The average molecular weight is 303 g/mol. The maximum Gasteiger partial charge on any atom is 0.417 e. The number of non-ortho nitro benzene ring substituents is 1. The van der Waals surface area contributed by atoms with Crippen LogP contribution >= 0.6 is 11.8 Å². The van der Waals surface area contributed by atoms with Crippen molar-refractivity contribution >= 4 is 22.6 Å². The minimum atomic E-state index is -4.65. The van der Waals surface area contributed by atoms with Crippen molar-refractivity contribution in [3.05, 3.63) is 39.4 Å². The van der Waals surface area contributed by atoms with Crippen molar-refractivity contribution in [1.29, 1.82) is 0 Å². The van der Waals surface area contributed by atoms with Crippen LogP contribution in [0.4, 0.5) is 18.9 Å². The third-order valence-electron chi connectivity index (χ3n) is 2.09. The predicted octanol–water partition coefficient (Wildman–Crippen LogP) is 3.24.